The summed E-state index contributed by atoms with van der Waals surface area (Å²) in [7, 11) is 6.09. The molecule has 5 aliphatic rings. The summed E-state index contributed by atoms with van der Waals surface area (Å²) in [6.07, 6.45) is 1.73. The van der Waals surface area contributed by atoms with Crippen molar-refractivity contribution < 1.29 is 86.6 Å². The summed E-state index contributed by atoms with van der Waals surface area (Å²) in [5.41, 5.74) is 6.72. The first-order valence-electron chi connectivity index (χ1n) is 33.3. The van der Waals surface area contributed by atoms with E-state index in [0.717, 1.165) is 14.7 Å². The number of nitrogens with zero attached hydrogens (tertiary/aromatic N) is 5. The van der Waals surface area contributed by atoms with Crippen molar-refractivity contribution >= 4 is 98.2 Å². The third-order valence-corrected chi connectivity index (χ3v) is 20.2. The largest absolute Gasteiger partial charge is 0.493 e. The molecule has 2 unspecified atom stereocenters. The number of carbonyl (C=O) groups excluding carboxylic acids is 10. The third-order valence-electron chi connectivity index (χ3n) is 17.3. The fourth-order valence-electron chi connectivity index (χ4n) is 12.4. The molecule has 2 saturated heterocycles. The van der Waals surface area contributed by atoms with Gasteiger partial charge in [0.25, 0.3) is 23.6 Å². The lowest BCUT2D eigenvalue weighted by Gasteiger charge is -2.31. The van der Waals surface area contributed by atoms with Gasteiger partial charge in [-0.15, -0.1) is 0 Å². The Hall–Kier alpha value is -8.74. The van der Waals surface area contributed by atoms with Crippen LogP contribution < -0.4 is 55.7 Å². The molecule has 3 aromatic carbocycles. The summed E-state index contributed by atoms with van der Waals surface area (Å²) in [4.78, 5) is 139. The number of unbranched alkanes of at least 4 members (excludes halogenated alkanes) is 4. The molecule has 2 fully saturated rings. The molecule has 5 heterocycles. The number of urea groups is 1. The maximum atomic E-state index is 14.4. The fraction of sp³-hybridized carbons (Fsp3) is 0.536. The summed E-state index contributed by atoms with van der Waals surface area (Å²) in [5.74, 6) is -2.23. The van der Waals surface area contributed by atoms with Crippen LogP contribution >= 0.6 is 21.6 Å². The predicted octanol–water partition coefficient (Wildman–Crippen LogP) is 7.38. The Balaban J connectivity index is 0.883. The Labute approximate surface area is 584 Å². The van der Waals surface area contributed by atoms with E-state index in [9.17, 15) is 58.2 Å². The highest BCUT2D eigenvalue weighted by Crippen LogP contribution is 2.46. The van der Waals surface area contributed by atoms with Crippen molar-refractivity contribution in [1.29, 1.82) is 0 Å². The number of ether oxygens (including phenoxy) is 6. The molecule has 0 radical (unpaired) electrons. The van der Waals surface area contributed by atoms with Crippen LogP contribution in [0.3, 0.4) is 0 Å². The van der Waals surface area contributed by atoms with E-state index in [1.807, 2.05) is 13.8 Å². The standard InChI is InChI=1S/C69H92N10O18S2/c1-40(2)59(74-56(80)18-12-10-13-26-75-57(81)23-24-58(75)82)61(84)73-47(17-16-25-71-66(70)89)60(83)72-44-21-19-43(20-22-44)38-97-68(91)78-48-34-54(52(92-8)32-45(48)62(85)76-37-42(5)31-50(76)64(78)87)94-27-14-11-15-28-95-55-35-49-46(33-53(55)93-9)63(86)77-39-69(6,7)36-51(77)65(88)79(49)67(90)96-29-30-98-99-41(3)4/h19-24,32-35,40-41,47,50-51,59,64-65,87-88H,5,10-18,25-31,36-39H2,1-4,6-9H3,(H,72,83)(H,73,84)(H,74,80)(H3,70,71,89)/t47-,50-,51-,59-,64?,65?/m0/s1. The van der Waals surface area contributed by atoms with Crippen LogP contribution in [-0.4, -0.2) is 192 Å². The number of anilines is 3. The number of benzene rings is 3. The molecular formula is C69H92N10O18S2. The zero-order valence-electron chi connectivity index (χ0n) is 57.3. The zero-order chi connectivity index (χ0) is 71.8. The number of carbonyl (C=O) groups is 10. The Morgan fingerprint density at radius 2 is 1.29 bits per heavy atom. The highest BCUT2D eigenvalue weighted by Gasteiger charge is 2.51. The average molecular weight is 1410 g/mol. The number of aliphatic hydroxyl groups excluding tert-OH is 2. The first kappa shape index (κ1) is 76.0. The van der Waals surface area contributed by atoms with E-state index in [4.69, 9.17) is 34.2 Å². The molecule has 5 aliphatic heterocycles. The van der Waals surface area contributed by atoms with E-state index >= 15 is 0 Å². The van der Waals surface area contributed by atoms with Gasteiger partial charge in [0.2, 0.25) is 17.7 Å². The van der Waals surface area contributed by atoms with Crippen molar-refractivity contribution in [2.75, 3.05) is 81.1 Å². The second-order valence-corrected chi connectivity index (χ2v) is 29.3. The number of rotatable bonds is 33. The second kappa shape index (κ2) is 34.8. The number of aliphatic hydroxyl groups is 2. The van der Waals surface area contributed by atoms with Crippen LogP contribution in [0.5, 0.6) is 23.0 Å². The van der Waals surface area contributed by atoms with Crippen LogP contribution in [-0.2, 0) is 40.1 Å². The molecule has 28 nitrogen and oxygen atoms in total. The molecule has 0 bridgehead atoms. The molecule has 0 spiro atoms. The van der Waals surface area contributed by atoms with Gasteiger partial charge in [0.15, 0.2) is 35.5 Å². The molecule has 99 heavy (non-hydrogen) atoms. The summed E-state index contributed by atoms with van der Waals surface area (Å²) in [5, 5.41) is 35.1. The van der Waals surface area contributed by atoms with Crippen molar-refractivity contribution in [3.63, 3.8) is 0 Å². The Bertz CT molecular complexity index is 3500. The summed E-state index contributed by atoms with van der Waals surface area (Å²) in [6, 6.07) is 7.77. The van der Waals surface area contributed by atoms with E-state index in [1.165, 1.54) is 55.5 Å². The van der Waals surface area contributed by atoms with Gasteiger partial charge in [0.05, 0.1) is 62.0 Å². The number of nitrogens with two attached hydrogens (primary N) is 1. The van der Waals surface area contributed by atoms with Crippen LogP contribution in [0, 0.1) is 11.3 Å². The van der Waals surface area contributed by atoms with E-state index in [0.29, 0.717) is 79.3 Å². The van der Waals surface area contributed by atoms with Crippen molar-refractivity contribution in [2.45, 2.75) is 161 Å². The highest BCUT2D eigenvalue weighted by molar-refractivity contribution is 8.76. The van der Waals surface area contributed by atoms with Gasteiger partial charge in [-0.2, -0.15) is 0 Å². The maximum absolute atomic E-state index is 14.4. The molecule has 0 aromatic heterocycles. The lowest BCUT2D eigenvalue weighted by Crippen LogP contribution is -2.54. The van der Waals surface area contributed by atoms with E-state index in [2.05, 4.69) is 41.7 Å². The van der Waals surface area contributed by atoms with Crippen molar-refractivity contribution in [1.82, 2.24) is 30.7 Å². The Kier molecular flexibility index (Phi) is 26.8. The number of hydrogen-bond acceptors (Lipinski definition) is 20. The van der Waals surface area contributed by atoms with Crippen LogP contribution in [0.1, 0.15) is 138 Å². The van der Waals surface area contributed by atoms with E-state index < -0.39 is 78.5 Å². The monoisotopic (exact) mass is 1410 g/mol. The van der Waals surface area contributed by atoms with Gasteiger partial charge in [0, 0.05) is 73.6 Å². The van der Waals surface area contributed by atoms with E-state index in [1.54, 1.807) is 64.6 Å². The van der Waals surface area contributed by atoms with Gasteiger partial charge < -0.3 is 75.4 Å². The number of fused-ring (bicyclic) bond motifs is 4. The van der Waals surface area contributed by atoms with Crippen molar-refractivity contribution in [3.8, 4) is 23.0 Å². The summed E-state index contributed by atoms with van der Waals surface area (Å²) < 4.78 is 35.5. The summed E-state index contributed by atoms with van der Waals surface area (Å²) in [6.45, 7) is 16.6. The molecule has 538 valence electrons. The smallest absolute Gasteiger partial charge is 0.416 e. The lowest BCUT2D eigenvalue weighted by molar-refractivity contribution is -0.137. The molecule has 8 N–H and O–H groups in total. The second-order valence-electron chi connectivity index (χ2n) is 26.3. The van der Waals surface area contributed by atoms with Crippen LogP contribution in [0.4, 0.5) is 31.4 Å². The zero-order valence-corrected chi connectivity index (χ0v) is 58.9. The number of methoxy groups -OCH3 is 2. The van der Waals surface area contributed by atoms with Crippen LogP contribution in [0.2, 0.25) is 0 Å². The van der Waals surface area contributed by atoms with Gasteiger partial charge in [-0.25, -0.2) is 24.2 Å². The van der Waals surface area contributed by atoms with Gasteiger partial charge in [0.1, 0.15) is 25.3 Å². The first-order valence-corrected chi connectivity index (χ1v) is 35.7. The van der Waals surface area contributed by atoms with Crippen LogP contribution in [0.25, 0.3) is 0 Å². The van der Waals surface area contributed by atoms with Gasteiger partial charge >= 0.3 is 18.2 Å². The Morgan fingerprint density at radius 3 is 1.88 bits per heavy atom. The average Bonchev–Trinajstić information content (AvgIpc) is 1.62. The molecule has 8 rings (SSSR count). The molecule has 3 aromatic rings. The number of primary amides is 1. The molecule has 6 atom stereocenters. The minimum absolute atomic E-state index is 0.00599. The summed E-state index contributed by atoms with van der Waals surface area (Å²) >= 11 is 0. The molecule has 0 saturated carbocycles. The maximum Gasteiger partial charge on any atom is 0.416 e. The topological polar surface area (TPSA) is 357 Å². The number of hydrogen-bond donors (Lipinski definition) is 7. The molecule has 30 heteroatoms. The Morgan fingerprint density at radius 1 is 0.707 bits per heavy atom. The molecule has 0 aliphatic carbocycles. The minimum Gasteiger partial charge on any atom is -0.493 e. The first-order chi connectivity index (χ1) is 47.2. The van der Waals surface area contributed by atoms with Gasteiger partial charge in [-0.05, 0) is 98.9 Å². The predicted molar refractivity (Wildman–Crippen MR) is 371 cm³/mol. The molecule has 11 amide bonds. The third kappa shape index (κ3) is 19.6. The number of imide groups is 1. The number of amides is 11. The lowest BCUT2D eigenvalue weighted by atomic mass is 9.90. The number of nitrogens with one attached hydrogen (secondary N) is 4. The van der Waals surface area contributed by atoms with Crippen molar-refractivity contribution in [3.05, 3.63) is 89.5 Å². The van der Waals surface area contributed by atoms with Crippen LogP contribution in [0.15, 0.2) is 72.8 Å². The highest BCUT2D eigenvalue weighted by atomic mass is 33.1. The van der Waals surface area contributed by atoms with Crippen molar-refractivity contribution in [2.24, 2.45) is 17.1 Å². The molecular weight excluding hydrogens is 1320 g/mol. The quantitative estimate of drug-likeness (QED) is 0.0135. The fourth-order valence-corrected chi connectivity index (χ4v) is 14.2. The normalized spacial score (nSPS) is 19.0. The van der Waals surface area contributed by atoms with Gasteiger partial charge in [-0.1, -0.05) is 93.8 Å². The SMILES string of the molecule is C=C1C[C@H]2C(O)N(C(=O)OCc3ccc(NC(=O)[C@H](CCCNC(N)=O)NC(=O)[C@@H](NC(=O)CCCCCN4C(=O)C=CC4=O)C(C)C)cc3)c3cc(OCCCCCOc4cc5c(cc4OC)C(=O)N4CC(C)(C)C[C@H]4C(O)N5C(=O)OCCSSC(C)C)c(OC)cc3C(=O)N2C1. The van der Waals surface area contributed by atoms with Gasteiger partial charge in [-0.3, -0.25) is 38.5 Å². The minimum atomic E-state index is -1.59. The van der Waals surface area contributed by atoms with E-state index in [-0.39, 0.29) is 146 Å².